The van der Waals surface area contributed by atoms with Crippen LogP contribution in [-0.4, -0.2) is 18.8 Å². The summed E-state index contributed by atoms with van der Waals surface area (Å²) < 4.78 is 40.9. The van der Waals surface area contributed by atoms with E-state index in [1.165, 1.54) is 0 Å². The van der Waals surface area contributed by atoms with E-state index in [0.29, 0.717) is 0 Å². The smallest absolute Gasteiger partial charge is 0.426 e. The van der Waals surface area contributed by atoms with Crippen molar-refractivity contribution < 1.29 is 22.7 Å². The van der Waals surface area contributed by atoms with E-state index in [9.17, 15) is 18.0 Å². The summed E-state index contributed by atoms with van der Waals surface area (Å²) in [6.07, 6.45) is -4.16. The maximum Gasteiger partial charge on any atom is 0.426 e. The zero-order valence-electron chi connectivity index (χ0n) is 8.14. The lowest BCUT2D eigenvalue weighted by atomic mass is 10.1. The van der Waals surface area contributed by atoms with Gasteiger partial charge in [-0.25, -0.2) is 0 Å². The molecule has 86 valence electrons. The van der Waals surface area contributed by atoms with Crippen molar-refractivity contribution in [3.63, 3.8) is 0 Å². The number of allylic oxidation sites excluding steroid dienone is 1. The maximum absolute atomic E-state index is 12.1. The molecular weight excluding hydrogens is 233 g/mol. The van der Waals surface area contributed by atoms with Crippen LogP contribution in [0.3, 0.4) is 0 Å². The van der Waals surface area contributed by atoms with Gasteiger partial charge in [0.1, 0.15) is 11.1 Å². The van der Waals surface area contributed by atoms with Gasteiger partial charge in [-0.05, 0) is 0 Å². The third-order valence-corrected chi connectivity index (χ3v) is 2.95. The van der Waals surface area contributed by atoms with Crippen LogP contribution in [-0.2, 0) is 9.53 Å². The van der Waals surface area contributed by atoms with Gasteiger partial charge < -0.3 is 4.74 Å². The van der Waals surface area contributed by atoms with Gasteiger partial charge in [-0.3, -0.25) is 4.79 Å². The van der Waals surface area contributed by atoms with Gasteiger partial charge in [0.2, 0.25) is 0 Å². The summed E-state index contributed by atoms with van der Waals surface area (Å²) in [6, 6.07) is 0. The van der Waals surface area contributed by atoms with Crippen LogP contribution in [0.4, 0.5) is 13.2 Å². The summed E-state index contributed by atoms with van der Waals surface area (Å²) in [5, 5.41) is -1.17. The normalized spacial score (nSPS) is 29.9. The second kappa shape index (κ2) is 3.70. The molecule has 0 spiro atoms. The first-order valence-corrected chi connectivity index (χ1v) is 4.62. The van der Waals surface area contributed by atoms with Crippen molar-refractivity contribution in [2.75, 3.05) is 0 Å². The van der Waals surface area contributed by atoms with Crippen molar-refractivity contribution in [1.29, 1.82) is 0 Å². The van der Waals surface area contributed by atoms with E-state index >= 15 is 0 Å². The van der Waals surface area contributed by atoms with Crippen molar-refractivity contribution in [2.24, 2.45) is 11.3 Å². The molecule has 0 aliphatic heterocycles. The Kier molecular flexibility index (Phi) is 3.05. The van der Waals surface area contributed by atoms with Crippen LogP contribution in [0, 0.1) is 11.3 Å². The van der Waals surface area contributed by atoms with Gasteiger partial charge in [0.05, 0.1) is 0 Å². The molecule has 0 N–H and O–H groups in total. The highest BCUT2D eigenvalue weighted by atomic mass is 35.5. The Morgan fingerprint density at radius 3 is 2.40 bits per heavy atom. The second-order valence-electron chi connectivity index (χ2n) is 4.01. The Morgan fingerprint density at radius 1 is 1.47 bits per heavy atom. The summed E-state index contributed by atoms with van der Waals surface area (Å²) in [6.45, 7) is 3.66. The molecule has 0 aromatic rings. The monoisotopic (exact) mass is 242 g/mol. The van der Waals surface area contributed by atoms with Gasteiger partial charge in [0, 0.05) is 11.3 Å². The molecule has 0 aromatic heterocycles. The molecule has 0 saturated heterocycles. The molecule has 1 aliphatic rings. The van der Waals surface area contributed by atoms with E-state index in [1.54, 1.807) is 13.8 Å². The van der Waals surface area contributed by atoms with Gasteiger partial charge in [-0.15, -0.1) is 0 Å². The molecule has 1 rings (SSSR count). The first kappa shape index (κ1) is 12.4. The molecule has 2 nitrogen and oxygen atoms in total. The van der Waals surface area contributed by atoms with Crippen LogP contribution in [0.5, 0.6) is 0 Å². The number of alkyl halides is 3. The summed E-state index contributed by atoms with van der Waals surface area (Å²) >= 11 is 5.08. The zero-order valence-corrected chi connectivity index (χ0v) is 8.89. The molecular formula is C9H10ClF3O2. The lowest BCUT2D eigenvalue weighted by molar-refractivity contribution is -0.130. The molecule has 6 heteroatoms. The number of hydrogen-bond acceptors (Lipinski definition) is 2. The van der Waals surface area contributed by atoms with Crippen LogP contribution in [0.2, 0.25) is 0 Å². The van der Waals surface area contributed by atoms with Gasteiger partial charge in [0.15, 0.2) is 0 Å². The Morgan fingerprint density at radius 2 is 2.00 bits per heavy atom. The molecule has 1 saturated carbocycles. The zero-order chi connectivity index (χ0) is 11.9. The van der Waals surface area contributed by atoms with E-state index < -0.39 is 28.6 Å². The number of rotatable bonds is 3. The van der Waals surface area contributed by atoms with Crippen molar-refractivity contribution in [3.8, 4) is 0 Å². The fourth-order valence-corrected chi connectivity index (χ4v) is 1.64. The molecule has 0 heterocycles. The summed E-state index contributed by atoms with van der Waals surface area (Å²) in [5.74, 6) is -0.475. The lowest BCUT2D eigenvalue weighted by Gasteiger charge is -2.03. The Balaban J connectivity index is 2.73. The van der Waals surface area contributed by atoms with Crippen molar-refractivity contribution in [3.05, 3.63) is 11.1 Å². The number of ether oxygens (including phenoxy) is 1. The SMILES string of the molecule is CC1(C)[C@H](OC=O)[C@@H]1/C=C(/Cl)C(F)(F)F. The minimum atomic E-state index is -4.54. The fourth-order valence-electron chi connectivity index (χ4n) is 1.50. The fraction of sp³-hybridized carbons (Fsp3) is 0.667. The number of halogens is 4. The molecule has 0 unspecified atom stereocenters. The Hall–Kier alpha value is -0.710. The van der Waals surface area contributed by atoms with Gasteiger partial charge in [-0.1, -0.05) is 31.5 Å². The number of carbonyl (C=O) groups is 1. The molecule has 1 aliphatic carbocycles. The molecule has 1 fully saturated rings. The summed E-state index contributed by atoms with van der Waals surface area (Å²) in [5.41, 5.74) is -0.480. The highest BCUT2D eigenvalue weighted by Gasteiger charge is 2.59. The molecule has 0 aromatic carbocycles. The Bertz CT molecular complexity index is 296. The topological polar surface area (TPSA) is 26.3 Å². The highest BCUT2D eigenvalue weighted by molar-refractivity contribution is 6.30. The minimum absolute atomic E-state index is 0.238. The molecule has 15 heavy (non-hydrogen) atoms. The van der Waals surface area contributed by atoms with E-state index in [-0.39, 0.29) is 6.47 Å². The van der Waals surface area contributed by atoms with Gasteiger partial charge in [-0.2, -0.15) is 13.2 Å². The summed E-state index contributed by atoms with van der Waals surface area (Å²) in [7, 11) is 0. The van der Waals surface area contributed by atoms with Gasteiger partial charge >= 0.3 is 6.18 Å². The average Bonchev–Trinajstić information content (AvgIpc) is 2.54. The summed E-state index contributed by atoms with van der Waals surface area (Å²) in [4.78, 5) is 10.1. The average molecular weight is 243 g/mol. The third kappa shape index (κ3) is 2.45. The maximum atomic E-state index is 12.1. The molecule has 0 radical (unpaired) electrons. The van der Waals surface area contributed by atoms with E-state index in [4.69, 9.17) is 11.6 Å². The first-order chi connectivity index (χ1) is 6.71. The predicted molar refractivity (Wildman–Crippen MR) is 48.2 cm³/mol. The predicted octanol–water partition coefficient (Wildman–Crippen LogP) is 2.87. The molecule has 0 bridgehead atoms. The van der Waals surface area contributed by atoms with Crippen molar-refractivity contribution >= 4 is 18.1 Å². The van der Waals surface area contributed by atoms with E-state index in [2.05, 4.69) is 4.74 Å². The number of hydrogen-bond donors (Lipinski definition) is 0. The van der Waals surface area contributed by atoms with E-state index in [1.807, 2.05) is 0 Å². The van der Waals surface area contributed by atoms with Crippen LogP contribution in [0.15, 0.2) is 11.1 Å². The van der Waals surface area contributed by atoms with Crippen LogP contribution in [0.25, 0.3) is 0 Å². The standard InChI is InChI=1S/C9H10ClF3O2/c1-8(2)5(7(8)15-4-14)3-6(10)9(11,12)13/h3-5,7H,1-2H3/b6-3+/t5-,7+/m0/s1. The number of carbonyl (C=O) groups excluding carboxylic acids is 1. The van der Waals surface area contributed by atoms with Gasteiger partial charge in [0.25, 0.3) is 6.47 Å². The quantitative estimate of drug-likeness (QED) is 0.712. The van der Waals surface area contributed by atoms with Crippen LogP contribution < -0.4 is 0 Å². The second-order valence-corrected chi connectivity index (χ2v) is 4.42. The Labute approximate surface area is 90.0 Å². The van der Waals surface area contributed by atoms with E-state index in [0.717, 1.165) is 6.08 Å². The third-order valence-electron chi connectivity index (χ3n) is 2.61. The highest BCUT2D eigenvalue weighted by Crippen LogP contribution is 2.55. The van der Waals surface area contributed by atoms with Crippen molar-refractivity contribution in [2.45, 2.75) is 26.1 Å². The first-order valence-electron chi connectivity index (χ1n) is 4.25. The minimum Gasteiger partial charge on any atom is -0.463 e. The largest absolute Gasteiger partial charge is 0.463 e. The lowest BCUT2D eigenvalue weighted by Crippen LogP contribution is -2.07. The van der Waals surface area contributed by atoms with Crippen LogP contribution in [0.1, 0.15) is 13.8 Å². The molecule has 2 atom stereocenters. The van der Waals surface area contributed by atoms with Crippen LogP contribution >= 0.6 is 11.6 Å². The molecule has 0 amide bonds. The van der Waals surface area contributed by atoms with Crippen molar-refractivity contribution in [1.82, 2.24) is 0 Å².